The van der Waals surface area contributed by atoms with Gasteiger partial charge in [0.1, 0.15) is 36.3 Å². The highest BCUT2D eigenvalue weighted by atomic mass is 32.1. The van der Waals surface area contributed by atoms with Crippen molar-refractivity contribution < 1.29 is 37.6 Å². The maximum atomic E-state index is 16.8. The third kappa shape index (κ3) is 11.2. The Bertz CT molecular complexity index is 2540. The van der Waals surface area contributed by atoms with Crippen molar-refractivity contribution in [1.82, 2.24) is 0 Å². The molecule has 7 nitrogen and oxygen atoms in total. The van der Waals surface area contributed by atoms with Gasteiger partial charge in [0.2, 0.25) is 5.79 Å². The SMILES string of the molecule is CC(C)(C)[Si](C)(C)OC(c1cc2ccccc2s1)c1cc(C2(O)OC(COCc3ccccc3)C(OCc3ccccc3)C(OCc3ccccc3)C2OCc2ccccc2)ccc1F. The molecule has 8 rings (SSSR count). The Balaban J connectivity index is 1.25. The van der Waals surface area contributed by atoms with Gasteiger partial charge in [-0.1, -0.05) is 166 Å². The summed E-state index contributed by atoms with van der Waals surface area (Å²) >= 11 is 1.58. The molecule has 2 heterocycles. The fourth-order valence-electron chi connectivity index (χ4n) is 7.93. The molecule has 1 saturated heterocycles. The molecule has 0 saturated carbocycles. The van der Waals surface area contributed by atoms with Crippen molar-refractivity contribution in [2.45, 2.75) is 102 Å². The fraction of sp³-hybridized carbons (Fsp3) is 0.309. The highest BCUT2D eigenvalue weighted by molar-refractivity contribution is 7.19. The minimum absolute atomic E-state index is 0.0419. The lowest BCUT2D eigenvalue weighted by Crippen LogP contribution is -2.65. The zero-order valence-corrected chi connectivity index (χ0v) is 39.6. The predicted molar refractivity (Wildman–Crippen MR) is 258 cm³/mol. The summed E-state index contributed by atoms with van der Waals surface area (Å²) in [6.45, 7) is 11.8. The molecule has 1 fully saturated rings. The Morgan fingerprint density at radius 1 is 0.646 bits per heavy atom. The van der Waals surface area contributed by atoms with Crippen molar-refractivity contribution in [2.75, 3.05) is 6.61 Å². The monoisotopic (exact) mass is 910 g/mol. The first-order valence-corrected chi connectivity index (χ1v) is 26.0. The lowest BCUT2D eigenvalue weighted by Gasteiger charge is -2.50. The zero-order valence-electron chi connectivity index (χ0n) is 37.8. The minimum Gasteiger partial charge on any atom is -0.405 e. The summed E-state index contributed by atoms with van der Waals surface area (Å²) in [6, 6.07) is 54.3. The molecule has 0 bridgehead atoms. The van der Waals surface area contributed by atoms with Crippen LogP contribution in [0, 0.1) is 5.82 Å². The van der Waals surface area contributed by atoms with Crippen LogP contribution in [0.5, 0.6) is 0 Å². The van der Waals surface area contributed by atoms with Gasteiger partial charge < -0.3 is 33.2 Å². The van der Waals surface area contributed by atoms with Gasteiger partial charge in [-0.15, -0.1) is 11.3 Å². The van der Waals surface area contributed by atoms with Gasteiger partial charge in [-0.3, -0.25) is 0 Å². The first-order chi connectivity index (χ1) is 31.4. The van der Waals surface area contributed by atoms with E-state index in [-0.39, 0.29) is 31.5 Å². The van der Waals surface area contributed by atoms with Crippen LogP contribution in [0.25, 0.3) is 10.1 Å². The maximum Gasteiger partial charge on any atom is 0.222 e. The van der Waals surface area contributed by atoms with E-state index in [1.165, 1.54) is 6.07 Å². The summed E-state index contributed by atoms with van der Waals surface area (Å²) in [5, 5.41) is 14.5. The van der Waals surface area contributed by atoms with Crippen LogP contribution in [-0.2, 0) is 60.3 Å². The topological polar surface area (TPSA) is 75.6 Å². The number of hydrogen-bond acceptors (Lipinski definition) is 8. The standard InChI is InChI=1S/C55H59FO7SSi/c1-54(2,3)65(4,5)63-50(49-32-43-28-18-19-29-48(43)64-49)45-33-44(30-31-46(45)56)55(57)53(61-37-42-26-16-9-17-27-42)52(60-36-41-24-14-8-15-25-41)51(59-35-40-22-12-7-13-23-40)47(62-55)38-58-34-39-20-10-6-11-21-39/h6-33,47,50-53,57H,34-38H2,1-5H3. The van der Waals surface area contributed by atoms with Crippen molar-refractivity contribution in [3.05, 3.63) is 214 Å². The highest BCUT2D eigenvalue weighted by Crippen LogP contribution is 2.47. The second-order valence-corrected chi connectivity index (χ2v) is 24.1. The predicted octanol–water partition coefficient (Wildman–Crippen LogP) is 12.7. The van der Waals surface area contributed by atoms with Gasteiger partial charge in [-0.2, -0.15) is 0 Å². The highest BCUT2D eigenvalue weighted by Gasteiger charge is 2.57. The molecule has 0 amide bonds. The number of aliphatic hydroxyl groups is 1. The Morgan fingerprint density at radius 2 is 1.15 bits per heavy atom. The van der Waals surface area contributed by atoms with Gasteiger partial charge in [0.25, 0.3) is 0 Å². The largest absolute Gasteiger partial charge is 0.405 e. The van der Waals surface area contributed by atoms with Crippen LogP contribution in [0.3, 0.4) is 0 Å². The smallest absolute Gasteiger partial charge is 0.222 e. The molecule has 0 radical (unpaired) electrons. The molecule has 7 aromatic rings. The van der Waals surface area contributed by atoms with Crippen LogP contribution in [0.2, 0.25) is 18.1 Å². The molecule has 1 aliphatic heterocycles. The second kappa shape index (κ2) is 20.8. The molecule has 1 aliphatic rings. The summed E-state index contributed by atoms with van der Waals surface area (Å²) in [6.07, 6.45) is -4.53. The van der Waals surface area contributed by atoms with Gasteiger partial charge in [0.05, 0.1) is 33.0 Å². The van der Waals surface area contributed by atoms with Gasteiger partial charge >= 0.3 is 0 Å². The summed E-state index contributed by atoms with van der Waals surface area (Å²) < 4.78 is 59.2. The molecular weight excluding hydrogens is 852 g/mol. The van der Waals surface area contributed by atoms with E-state index in [1.807, 2.05) is 133 Å². The van der Waals surface area contributed by atoms with Crippen LogP contribution >= 0.6 is 11.3 Å². The molecular formula is C55H59FO7SSi. The molecule has 1 aromatic heterocycles. The van der Waals surface area contributed by atoms with E-state index >= 15 is 4.39 Å². The van der Waals surface area contributed by atoms with Crippen LogP contribution in [-0.4, -0.2) is 44.4 Å². The first-order valence-electron chi connectivity index (χ1n) is 22.3. The number of fused-ring (bicyclic) bond motifs is 1. The quantitative estimate of drug-likeness (QED) is 0.0860. The summed E-state index contributed by atoms with van der Waals surface area (Å²) in [7, 11) is -2.53. The summed E-state index contributed by atoms with van der Waals surface area (Å²) in [5.74, 6) is -2.66. The van der Waals surface area contributed by atoms with Crippen LogP contribution < -0.4 is 0 Å². The van der Waals surface area contributed by atoms with Crippen LogP contribution in [0.15, 0.2) is 170 Å². The van der Waals surface area contributed by atoms with Gasteiger partial charge in [0, 0.05) is 20.7 Å². The molecule has 10 heteroatoms. The van der Waals surface area contributed by atoms with Crippen LogP contribution in [0.1, 0.15) is 65.1 Å². The summed E-state index contributed by atoms with van der Waals surface area (Å²) in [4.78, 5) is 0.867. The molecule has 0 aliphatic carbocycles. The van der Waals surface area contributed by atoms with E-state index in [4.69, 9.17) is 28.1 Å². The van der Waals surface area contributed by atoms with E-state index in [0.29, 0.717) is 17.7 Å². The lowest BCUT2D eigenvalue weighted by atomic mass is 9.86. The number of rotatable bonds is 18. The van der Waals surface area contributed by atoms with E-state index < -0.39 is 50.4 Å². The first kappa shape index (κ1) is 46.7. The van der Waals surface area contributed by atoms with Crippen molar-refractivity contribution in [3.8, 4) is 0 Å². The molecule has 6 aromatic carbocycles. The maximum absolute atomic E-state index is 16.8. The molecule has 6 unspecified atom stereocenters. The molecule has 65 heavy (non-hydrogen) atoms. The van der Waals surface area contributed by atoms with Crippen molar-refractivity contribution in [2.24, 2.45) is 0 Å². The van der Waals surface area contributed by atoms with Gasteiger partial charge in [0.15, 0.2) is 8.32 Å². The second-order valence-electron chi connectivity index (χ2n) is 18.3. The zero-order chi connectivity index (χ0) is 45.4. The number of thiophene rings is 1. The third-order valence-corrected chi connectivity index (χ3v) is 18.2. The van der Waals surface area contributed by atoms with Gasteiger partial charge in [-0.25, -0.2) is 4.39 Å². The average molecular weight is 911 g/mol. The van der Waals surface area contributed by atoms with Crippen molar-refractivity contribution >= 4 is 29.7 Å². The van der Waals surface area contributed by atoms with Crippen LogP contribution in [0.4, 0.5) is 4.39 Å². The number of hydrogen-bond donors (Lipinski definition) is 1. The average Bonchev–Trinajstić information content (AvgIpc) is 3.75. The van der Waals surface area contributed by atoms with E-state index in [9.17, 15) is 5.11 Å². The Morgan fingerprint density at radius 3 is 1.71 bits per heavy atom. The fourth-order valence-corrected chi connectivity index (χ4v) is 10.3. The number of halogens is 1. The number of ether oxygens (including phenoxy) is 5. The number of benzene rings is 6. The molecule has 0 spiro atoms. The Labute approximate surface area is 387 Å². The summed E-state index contributed by atoms with van der Waals surface area (Å²) in [5.41, 5.74) is 4.34. The molecule has 6 atom stereocenters. The Kier molecular flexibility index (Phi) is 14.9. The third-order valence-electron chi connectivity index (χ3n) is 12.6. The molecule has 338 valence electrons. The van der Waals surface area contributed by atoms with Crippen molar-refractivity contribution in [1.29, 1.82) is 0 Å². The minimum atomic E-state index is -2.53. The van der Waals surface area contributed by atoms with E-state index in [2.05, 4.69) is 52.1 Å². The van der Waals surface area contributed by atoms with E-state index in [1.54, 1.807) is 23.5 Å². The lowest BCUT2D eigenvalue weighted by molar-refractivity contribution is -0.378. The normalized spacial score (nSPS) is 20.8. The van der Waals surface area contributed by atoms with E-state index in [0.717, 1.165) is 37.2 Å². The van der Waals surface area contributed by atoms with Gasteiger partial charge in [-0.05, 0) is 70.0 Å². The van der Waals surface area contributed by atoms with Crippen molar-refractivity contribution in [3.63, 3.8) is 0 Å². The molecule has 1 N–H and O–H groups in total. The Hall–Kier alpha value is -4.85.